The quantitative estimate of drug-likeness (QED) is 0.539. The van der Waals surface area contributed by atoms with Gasteiger partial charge in [-0.1, -0.05) is 67.8 Å². The van der Waals surface area contributed by atoms with Crippen LogP contribution in [-0.4, -0.2) is 72.7 Å². The lowest BCUT2D eigenvalue weighted by Crippen LogP contribution is -2.57. The minimum Gasteiger partial charge on any atom is -0.381 e. The molecule has 39 heavy (non-hydrogen) atoms. The summed E-state index contributed by atoms with van der Waals surface area (Å²) in [5.74, 6) is -0.188. The fraction of sp³-hybridized carbons (Fsp3) is 0.562. The number of rotatable bonds is 8. The number of nitriles is 1. The van der Waals surface area contributed by atoms with Crippen LogP contribution in [0.25, 0.3) is 11.1 Å². The van der Waals surface area contributed by atoms with E-state index in [0.717, 1.165) is 76.3 Å². The van der Waals surface area contributed by atoms with Gasteiger partial charge >= 0.3 is 0 Å². The van der Waals surface area contributed by atoms with Crippen molar-refractivity contribution in [3.63, 3.8) is 0 Å². The highest BCUT2D eigenvalue weighted by molar-refractivity contribution is 5.86. The molecule has 2 saturated heterocycles. The molecule has 2 aliphatic heterocycles. The van der Waals surface area contributed by atoms with E-state index in [4.69, 9.17) is 10.5 Å². The van der Waals surface area contributed by atoms with Gasteiger partial charge in [0.1, 0.15) is 6.04 Å². The number of benzene rings is 2. The fourth-order valence-corrected chi connectivity index (χ4v) is 6.31. The summed E-state index contributed by atoms with van der Waals surface area (Å²) < 4.78 is 5.53. The Bertz CT molecular complexity index is 1110. The number of hydrogen-bond donors (Lipinski definition) is 2. The van der Waals surface area contributed by atoms with Gasteiger partial charge in [0.2, 0.25) is 5.91 Å². The lowest BCUT2D eigenvalue weighted by Gasteiger charge is -2.40. The van der Waals surface area contributed by atoms with Crippen LogP contribution in [0.15, 0.2) is 48.5 Å². The van der Waals surface area contributed by atoms with Gasteiger partial charge in [-0.25, -0.2) is 0 Å². The molecule has 2 aromatic rings. The van der Waals surface area contributed by atoms with Crippen LogP contribution in [0.4, 0.5) is 0 Å². The zero-order valence-electron chi connectivity index (χ0n) is 23.1. The molecule has 1 aliphatic carbocycles. The van der Waals surface area contributed by atoms with E-state index in [9.17, 15) is 10.1 Å². The normalized spacial score (nSPS) is 21.6. The first-order valence-corrected chi connectivity index (χ1v) is 14.7. The summed E-state index contributed by atoms with van der Waals surface area (Å²) in [7, 11) is 0. The van der Waals surface area contributed by atoms with E-state index in [1.54, 1.807) is 0 Å². The van der Waals surface area contributed by atoms with Crippen molar-refractivity contribution in [3.8, 4) is 17.2 Å². The minimum absolute atomic E-state index is 0.188. The Kier molecular flexibility index (Phi) is 9.31. The molecule has 1 amide bonds. The monoisotopic (exact) mass is 529 g/mol. The van der Waals surface area contributed by atoms with Crippen LogP contribution in [0, 0.1) is 11.3 Å². The summed E-state index contributed by atoms with van der Waals surface area (Å²) in [4.78, 5) is 18.0. The zero-order chi connectivity index (χ0) is 27.1. The maximum Gasteiger partial charge on any atom is 0.241 e. The third kappa shape index (κ3) is 7.26. The molecule has 0 bridgehead atoms. The van der Waals surface area contributed by atoms with Gasteiger partial charge in [0.15, 0.2) is 0 Å². The van der Waals surface area contributed by atoms with Crippen molar-refractivity contribution in [2.24, 2.45) is 5.73 Å². The largest absolute Gasteiger partial charge is 0.381 e. The van der Waals surface area contributed by atoms with Crippen molar-refractivity contribution >= 4 is 5.91 Å². The summed E-state index contributed by atoms with van der Waals surface area (Å²) >= 11 is 0. The Morgan fingerprint density at radius 2 is 1.54 bits per heavy atom. The number of nitrogens with two attached hydrogens (primary N) is 1. The number of piperazine rings is 1. The highest BCUT2D eigenvalue weighted by Gasteiger charge is 2.36. The number of nitrogens with zero attached hydrogens (tertiary/aromatic N) is 3. The number of nitrogens with one attached hydrogen (secondary N) is 1. The lowest BCUT2D eigenvalue weighted by molar-refractivity contribution is -0.127. The smallest absolute Gasteiger partial charge is 0.241 e. The van der Waals surface area contributed by atoms with Crippen molar-refractivity contribution in [1.82, 2.24) is 15.1 Å². The van der Waals surface area contributed by atoms with Gasteiger partial charge in [-0.15, -0.1) is 0 Å². The summed E-state index contributed by atoms with van der Waals surface area (Å²) in [5, 5.41) is 12.5. The number of carbonyl (C=O) groups is 1. The molecular formula is C32H43N5O2. The van der Waals surface area contributed by atoms with Gasteiger partial charge in [-0.3, -0.25) is 14.6 Å². The molecule has 1 unspecified atom stereocenters. The van der Waals surface area contributed by atoms with Gasteiger partial charge in [-0.05, 0) is 47.9 Å². The van der Waals surface area contributed by atoms with Gasteiger partial charge in [0.05, 0.1) is 11.6 Å². The van der Waals surface area contributed by atoms with E-state index in [-0.39, 0.29) is 5.91 Å². The van der Waals surface area contributed by atoms with Gasteiger partial charge < -0.3 is 15.8 Å². The molecule has 1 saturated carbocycles. The Labute approximate surface area is 233 Å². The Hall–Kier alpha value is -2.76. The molecule has 1 atom stereocenters. The molecule has 3 N–H and O–H groups in total. The molecule has 3 fully saturated rings. The van der Waals surface area contributed by atoms with Crippen molar-refractivity contribution < 1.29 is 9.53 Å². The maximum atomic E-state index is 12.8. The first-order chi connectivity index (χ1) is 19.0. The average molecular weight is 530 g/mol. The lowest BCUT2D eigenvalue weighted by atomic mass is 9.81. The molecular weight excluding hydrogens is 486 g/mol. The van der Waals surface area contributed by atoms with Crippen molar-refractivity contribution in [2.75, 3.05) is 39.4 Å². The summed E-state index contributed by atoms with van der Waals surface area (Å²) in [6.07, 6.45) is 7.26. The predicted octanol–water partition coefficient (Wildman–Crippen LogP) is 3.86. The Balaban J connectivity index is 1.10. The predicted molar refractivity (Wildman–Crippen MR) is 154 cm³/mol. The summed E-state index contributed by atoms with van der Waals surface area (Å²) in [6, 6.07) is 19.5. The molecule has 0 radical (unpaired) electrons. The third-order valence-electron chi connectivity index (χ3n) is 8.86. The zero-order valence-corrected chi connectivity index (χ0v) is 23.1. The van der Waals surface area contributed by atoms with Crippen LogP contribution < -0.4 is 11.1 Å². The number of amides is 1. The molecule has 0 aromatic heterocycles. The first kappa shape index (κ1) is 27.8. The summed E-state index contributed by atoms with van der Waals surface area (Å²) in [6.45, 7) is 7.36. The van der Waals surface area contributed by atoms with E-state index in [1.807, 2.05) is 0 Å². The molecule has 2 aromatic carbocycles. The van der Waals surface area contributed by atoms with E-state index in [0.29, 0.717) is 25.3 Å². The van der Waals surface area contributed by atoms with E-state index in [1.165, 1.54) is 24.0 Å². The number of ether oxygens (including phenoxy) is 1. The van der Waals surface area contributed by atoms with Crippen molar-refractivity contribution in [2.45, 2.75) is 75.5 Å². The second-order valence-electron chi connectivity index (χ2n) is 11.6. The molecule has 5 rings (SSSR count). The van der Waals surface area contributed by atoms with Crippen LogP contribution >= 0.6 is 0 Å². The molecule has 2 heterocycles. The second-order valence-corrected chi connectivity index (χ2v) is 11.6. The number of carbonyl (C=O) groups excluding carboxylic acids is 1. The highest BCUT2D eigenvalue weighted by Crippen LogP contribution is 2.26. The van der Waals surface area contributed by atoms with E-state index < -0.39 is 11.6 Å². The van der Waals surface area contributed by atoms with Gasteiger partial charge in [0.25, 0.3) is 0 Å². The van der Waals surface area contributed by atoms with Crippen LogP contribution in [0.3, 0.4) is 0 Å². The topological polar surface area (TPSA) is 94.6 Å². The van der Waals surface area contributed by atoms with Crippen LogP contribution in [0.5, 0.6) is 0 Å². The molecule has 7 heteroatoms. The Morgan fingerprint density at radius 1 is 0.949 bits per heavy atom. The average Bonchev–Trinajstić information content (AvgIpc) is 2.99. The van der Waals surface area contributed by atoms with Crippen LogP contribution in [0.2, 0.25) is 0 Å². The van der Waals surface area contributed by atoms with E-state index in [2.05, 4.69) is 69.7 Å². The highest BCUT2D eigenvalue weighted by atomic mass is 16.5. The summed E-state index contributed by atoms with van der Waals surface area (Å²) in [5.41, 5.74) is 10.2. The van der Waals surface area contributed by atoms with E-state index >= 15 is 0 Å². The van der Waals surface area contributed by atoms with Crippen molar-refractivity contribution in [1.29, 1.82) is 5.26 Å². The first-order valence-electron chi connectivity index (χ1n) is 14.7. The van der Waals surface area contributed by atoms with Crippen LogP contribution in [0.1, 0.15) is 56.1 Å². The second kappa shape index (κ2) is 13.1. The molecule has 7 nitrogen and oxygen atoms in total. The molecule has 3 aliphatic rings. The Morgan fingerprint density at radius 3 is 2.13 bits per heavy atom. The molecule has 208 valence electrons. The standard InChI is InChI=1S/C32H43N5O2/c33-23-29(35-31(38)32(34)14-2-1-3-15-32)22-25-4-8-27(9-5-25)28-10-6-26(7-11-28)24-36-16-18-37(19-17-36)30-12-20-39-21-13-30/h4-11,29-30H,1-3,12-22,24,34H2,(H,35,38). The minimum atomic E-state index is -0.831. The van der Waals surface area contributed by atoms with Crippen LogP contribution in [-0.2, 0) is 22.5 Å². The van der Waals surface area contributed by atoms with Gasteiger partial charge in [-0.2, -0.15) is 5.26 Å². The third-order valence-corrected chi connectivity index (χ3v) is 8.86. The molecule has 0 spiro atoms. The SMILES string of the molecule is N#CC(Cc1ccc(-c2ccc(CN3CCN(C4CCOCC4)CC3)cc2)cc1)NC(=O)C1(N)CCCCC1. The maximum absolute atomic E-state index is 12.8. The fourth-order valence-electron chi connectivity index (χ4n) is 6.31. The number of hydrogen-bond acceptors (Lipinski definition) is 6. The van der Waals surface area contributed by atoms with Gasteiger partial charge in [0, 0.05) is 58.4 Å². The van der Waals surface area contributed by atoms with Crippen molar-refractivity contribution in [3.05, 3.63) is 59.7 Å².